The van der Waals surface area contributed by atoms with Crippen LogP contribution in [0.2, 0.25) is 0 Å². The molecular formula is C19H15N3O3S. The summed E-state index contributed by atoms with van der Waals surface area (Å²) in [6.45, 7) is 4.08. The Morgan fingerprint density at radius 3 is 2.58 bits per heavy atom. The second kappa shape index (κ2) is 8.17. The van der Waals surface area contributed by atoms with Gasteiger partial charge in [-0.05, 0) is 47.5 Å². The van der Waals surface area contributed by atoms with Crippen LogP contribution >= 0.6 is 11.3 Å². The molecule has 0 unspecified atom stereocenters. The summed E-state index contributed by atoms with van der Waals surface area (Å²) in [5.41, 5.74) is 1.87. The van der Waals surface area contributed by atoms with Crippen molar-refractivity contribution in [2.24, 2.45) is 4.99 Å². The molecule has 0 fully saturated rings. The first kappa shape index (κ1) is 17.5. The lowest BCUT2D eigenvalue weighted by atomic mass is 10.2. The first-order valence-electron chi connectivity index (χ1n) is 7.74. The normalized spacial score (nSPS) is 10.8. The molecule has 0 atom stereocenters. The molecule has 0 aliphatic rings. The van der Waals surface area contributed by atoms with E-state index in [4.69, 9.17) is 4.74 Å². The Morgan fingerprint density at radius 2 is 1.92 bits per heavy atom. The lowest BCUT2D eigenvalue weighted by molar-refractivity contribution is -0.384. The van der Waals surface area contributed by atoms with Gasteiger partial charge >= 0.3 is 0 Å². The largest absolute Gasteiger partial charge is 0.490 e. The smallest absolute Gasteiger partial charge is 0.269 e. The highest BCUT2D eigenvalue weighted by atomic mass is 32.1. The van der Waals surface area contributed by atoms with Gasteiger partial charge in [0.25, 0.3) is 5.69 Å². The third kappa shape index (κ3) is 4.40. The first-order chi connectivity index (χ1) is 12.7. The predicted octanol–water partition coefficient (Wildman–Crippen LogP) is 5.03. The number of nitrogens with zero attached hydrogens (tertiary/aromatic N) is 3. The quantitative estimate of drug-likeness (QED) is 0.254. The van der Waals surface area contributed by atoms with Gasteiger partial charge in [0.1, 0.15) is 12.4 Å². The Labute approximate surface area is 154 Å². The van der Waals surface area contributed by atoms with Crippen molar-refractivity contribution >= 4 is 28.4 Å². The van der Waals surface area contributed by atoms with E-state index in [0.717, 1.165) is 21.8 Å². The van der Waals surface area contributed by atoms with Crippen LogP contribution in [0.4, 0.5) is 10.8 Å². The summed E-state index contributed by atoms with van der Waals surface area (Å²) in [6.07, 6.45) is 5.14. The fourth-order valence-electron chi connectivity index (χ4n) is 2.14. The van der Waals surface area contributed by atoms with Gasteiger partial charge in [-0.2, -0.15) is 0 Å². The molecule has 0 saturated carbocycles. The summed E-state index contributed by atoms with van der Waals surface area (Å²) < 4.78 is 5.43. The van der Waals surface area contributed by atoms with Crippen molar-refractivity contribution in [3.05, 3.63) is 83.1 Å². The van der Waals surface area contributed by atoms with Gasteiger partial charge < -0.3 is 4.74 Å². The van der Waals surface area contributed by atoms with Crippen molar-refractivity contribution in [3.8, 4) is 16.2 Å². The van der Waals surface area contributed by atoms with Crippen LogP contribution in [0.3, 0.4) is 0 Å². The minimum Gasteiger partial charge on any atom is -0.490 e. The van der Waals surface area contributed by atoms with E-state index in [1.807, 2.05) is 24.3 Å². The van der Waals surface area contributed by atoms with Crippen molar-refractivity contribution < 1.29 is 9.66 Å². The van der Waals surface area contributed by atoms with E-state index in [1.54, 1.807) is 30.6 Å². The molecule has 1 aromatic heterocycles. The summed E-state index contributed by atoms with van der Waals surface area (Å²) in [5.74, 6) is 0.775. The van der Waals surface area contributed by atoms with E-state index in [9.17, 15) is 10.1 Å². The summed E-state index contributed by atoms with van der Waals surface area (Å²) in [4.78, 5) is 19.8. The van der Waals surface area contributed by atoms with Gasteiger partial charge in [-0.1, -0.05) is 24.0 Å². The molecule has 0 aliphatic heterocycles. The van der Waals surface area contributed by atoms with Gasteiger partial charge in [-0.3, -0.25) is 10.1 Å². The predicted molar refractivity (Wildman–Crippen MR) is 104 cm³/mol. The maximum atomic E-state index is 10.7. The Hall–Kier alpha value is -3.32. The number of rotatable bonds is 7. The maximum absolute atomic E-state index is 10.7. The van der Waals surface area contributed by atoms with Crippen LogP contribution in [0.1, 0.15) is 5.56 Å². The molecule has 0 radical (unpaired) electrons. The average molecular weight is 365 g/mol. The highest BCUT2D eigenvalue weighted by Gasteiger charge is 2.07. The lowest BCUT2D eigenvalue weighted by Gasteiger charge is -2.02. The van der Waals surface area contributed by atoms with Crippen LogP contribution in [-0.2, 0) is 0 Å². The standard InChI is InChI=1S/C19H15N3O3S/c1-2-11-25-17-9-3-14(4-10-17)12-20-19-21-13-18(26-19)15-5-7-16(8-6-15)22(23)24/h2-10,12-13H,1,11H2. The molecular weight excluding hydrogens is 350 g/mol. The fourth-order valence-corrected chi connectivity index (χ4v) is 2.91. The van der Waals surface area contributed by atoms with Crippen LogP contribution in [-0.4, -0.2) is 22.7 Å². The van der Waals surface area contributed by atoms with E-state index >= 15 is 0 Å². The number of hydrogen-bond acceptors (Lipinski definition) is 6. The van der Waals surface area contributed by atoms with E-state index < -0.39 is 4.92 Å². The average Bonchev–Trinajstić information content (AvgIpc) is 3.14. The summed E-state index contributed by atoms with van der Waals surface area (Å²) in [5, 5.41) is 11.3. The van der Waals surface area contributed by atoms with E-state index in [0.29, 0.717) is 11.7 Å². The number of aliphatic imine (C=N–C) groups is 1. The molecule has 0 saturated heterocycles. The molecule has 7 heteroatoms. The number of non-ortho nitro benzene ring substituents is 1. The number of nitro benzene ring substituents is 1. The van der Waals surface area contributed by atoms with Crippen molar-refractivity contribution in [3.63, 3.8) is 0 Å². The Kier molecular flexibility index (Phi) is 5.50. The molecule has 1 heterocycles. The Balaban J connectivity index is 1.68. The second-order valence-electron chi connectivity index (χ2n) is 5.24. The monoisotopic (exact) mass is 365 g/mol. The SMILES string of the molecule is C=CCOc1ccc(C=Nc2ncc(-c3ccc([N+](=O)[O-])cc3)s2)cc1. The molecule has 6 nitrogen and oxygen atoms in total. The van der Waals surface area contributed by atoms with Crippen molar-refractivity contribution in [1.29, 1.82) is 0 Å². The molecule has 0 N–H and O–H groups in total. The van der Waals surface area contributed by atoms with Crippen LogP contribution in [0.25, 0.3) is 10.4 Å². The zero-order chi connectivity index (χ0) is 18.4. The third-order valence-corrected chi connectivity index (χ3v) is 4.38. The molecule has 0 bridgehead atoms. The Bertz CT molecular complexity index is 931. The second-order valence-corrected chi connectivity index (χ2v) is 6.25. The molecule has 3 rings (SSSR count). The van der Waals surface area contributed by atoms with Crippen LogP contribution in [0, 0.1) is 10.1 Å². The zero-order valence-corrected chi connectivity index (χ0v) is 14.6. The fraction of sp³-hybridized carbons (Fsp3) is 0.0526. The molecule has 130 valence electrons. The molecule has 26 heavy (non-hydrogen) atoms. The molecule has 0 amide bonds. The van der Waals surface area contributed by atoms with Gasteiger partial charge in [-0.25, -0.2) is 9.98 Å². The highest BCUT2D eigenvalue weighted by Crippen LogP contribution is 2.31. The van der Waals surface area contributed by atoms with Gasteiger partial charge in [0.15, 0.2) is 0 Å². The van der Waals surface area contributed by atoms with Gasteiger partial charge in [0.2, 0.25) is 5.13 Å². The Morgan fingerprint density at radius 1 is 1.19 bits per heavy atom. The maximum Gasteiger partial charge on any atom is 0.269 e. The van der Waals surface area contributed by atoms with E-state index in [1.165, 1.54) is 23.5 Å². The van der Waals surface area contributed by atoms with Crippen molar-refractivity contribution in [2.75, 3.05) is 6.61 Å². The van der Waals surface area contributed by atoms with Gasteiger partial charge in [0, 0.05) is 24.5 Å². The number of nitro groups is 1. The van der Waals surface area contributed by atoms with E-state index in [2.05, 4.69) is 16.6 Å². The number of ether oxygens (including phenoxy) is 1. The van der Waals surface area contributed by atoms with Crippen LogP contribution in [0.15, 0.2) is 72.4 Å². The van der Waals surface area contributed by atoms with Crippen LogP contribution < -0.4 is 4.74 Å². The molecule has 2 aromatic carbocycles. The number of benzene rings is 2. The van der Waals surface area contributed by atoms with Gasteiger partial charge in [-0.15, -0.1) is 0 Å². The summed E-state index contributed by atoms with van der Waals surface area (Å²) in [7, 11) is 0. The minimum atomic E-state index is -0.417. The summed E-state index contributed by atoms with van der Waals surface area (Å²) >= 11 is 1.42. The lowest BCUT2D eigenvalue weighted by Crippen LogP contribution is -1.92. The van der Waals surface area contributed by atoms with Crippen molar-refractivity contribution in [2.45, 2.75) is 0 Å². The molecule has 3 aromatic rings. The topological polar surface area (TPSA) is 77.6 Å². The third-order valence-electron chi connectivity index (χ3n) is 3.43. The zero-order valence-electron chi connectivity index (χ0n) is 13.7. The van der Waals surface area contributed by atoms with E-state index in [-0.39, 0.29) is 5.69 Å². The number of hydrogen-bond donors (Lipinski definition) is 0. The van der Waals surface area contributed by atoms with Gasteiger partial charge in [0.05, 0.1) is 9.80 Å². The molecule has 0 aliphatic carbocycles. The minimum absolute atomic E-state index is 0.0667. The number of aromatic nitrogens is 1. The van der Waals surface area contributed by atoms with Crippen molar-refractivity contribution in [1.82, 2.24) is 4.98 Å². The first-order valence-corrected chi connectivity index (χ1v) is 8.56. The van der Waals surface area contributed by atoms with Crippen LogP contribution in [0.5, 0.6) is 5.75 Å². The highest BCUT2D eigenvalue weighted by molar-refractivity contribution is 7.18. The summed E-state index contributed by atoms with van der Waals surface area (Å²) in [6, 6.07) is 13.9. The molecule has 0 spiro atoms. The number of thiazole rings is 1.